The van der Waals surface area contributed by atoms with Crippen molar-refractivity contribution in [3.8, 4) is 0 Å². The van der Waals surface area contributed by atoms with E-state index < -0.39 is 30.3 Å². The standard InChI is InChI=1S/C16H23N3O6S/c1-7(20)10-11-12(24-3)13(15(25-16(22)23)19(11)14(10)21)26-9-4-5-18(6-9)8(2)17/h7,9-12,17,20H,4-6H2,1-3H3,(H,22,23)/t7-,9+,10-,11+,12-/m1/s1. The first-order valence-corrected chi connectivity index (χ1v) is 9.29. The zero-order valence-electron chi connectivity index (χ0n) is 14.8. The first kappa shape index (κ1) is 19.0. The molecule has 0 bridgehead atoms. The lowest BCUT2D eigenvalue weighted by molar-refractivity contribution is -0.167. The van der Waals surface area contributed by atoms with E-state index >= 15 is 0 Å². The number of nitrogens with one attached hydrogen (secondary N) is 1. The minimum Gasteiger partial charge on any atom is -0.449 e. The van der Waals surface area contributed by atoms with Gasteiger partial charge in [0.25, 0.3) is 0 Å². The highest BCUT2D eigenvalue weighted by molar-refractivity contribution is 8.03. The van der Waals surface area contributed by atoms with E-state index in [4.69, 9.17) is 20.0 Å². The molecule has 0 aromatic heterocycles. The molecular formula is C16H23N3O6S. The quantitative estimate of drug-likeness (QED) is 0.276. The first-order valence-electron chi connectivity index (χ1n) is 8.41. The fourth-order valence-electron chi connectivity index (χ4n) is 3.83. The van der Waals surface area contributed by atoms with Crippen LogP contribution in [0.5, 0.6) is 0 Å². The molecule has 26 heavy (non-hydrogen) atoms. The van der Waals surface area contributed by atoms with E-state index in [0.717, 1.165) is 13.0 Å². The van der Waals surface area contributed by atoms with Gasteiger partial charge in [-0.3, -0.25) is 15.1 Å². The van der Waals surface area contributed by atoms with Crippen molar-refractivity contribution in [3.05, 3.63) is 10.8 Å². The Morgan fingerprint density at radius 1 is 1.46 bits per heavy atom. The van der Waals surface area contributed by atoms with Gasteiger partial charge in [0.1, 0.15) is 6.10 Å². The average molecular weight is 385 g/mol. The molecule has 1 amide bonds. The number of aliphatic hydroxyl groups is 1. The zero-order chi connectivity index (χ0) is 19.2. The summed E-state index contributed by atoms with van der Waals surface area (Å²) in [6.07, 6.45) is -2.06. The van der Waals surface area contributed by atoms with Crippen molar-refractivity contribution in [3.63, 3.8) is 0 Å². The fourth-order valence-corrected chi connectivity index (χ4v) is 5.28. The van der Waals surface area contributed by atoms with Gasteiger partial charge in [-0.2, -0.15) is 0 Å². The summed E-state index contributed by atoms with van der Waals surface area (Å²) < 4.78 is 10.5. The number of aliphatic hydroxyl groups excluding tert-OH is 1. The number of fused-ring (bicyclic) bond motifs is 1. The molecule has 0 saturated carbocycles. The van der Waals surface area contributed by atoms with Crippen molar-refractivity contribution in [1.29, 1.82) is 5.41 Å². The van der Waals surface area contributed by atoms with Crippen LogP contribution in [0, 0.1) is 11.3 Å². The third-order valence-corrected chi connectivity index (χ3v) is 6.44. The molecule has 3 aliphatic heterocycles. The Morgan fingerprint density at radius 2 is 2.15 bits per heavy atom. The lowest BCUT2D eigenvalue weighted by Crippen LogP contribution is -2.65. The maximum Gasteiger partial charge on any atom is 0.512 e. The molecule has 0 radical (unpaired) electrons. The van der Waals surface area contributed by atoms with Gasteiger partial charge in [0.05, 0.1) is 28.8 Å². The smallest absolute Gasteiger partial charge is 0.449 e. The average Bonchev–Trinajstić information content (AvgIpc) is 3.09. The number of carbonyl (C=O) groups is 2. The molecule has 0 aromatic carbocycles. The number of hydrogen-bond donors (Lipinski definition) is 3. The van der Waals surface area contributed by atoms with Crippen molar-refractivity contribution in [2.45, 2.75) is 43.8 Å². The van der Waals surface area contributed by atoms with E-state index in [1.54, 1.807) is 6.92 Å². The second kappa shape index (κ2) is 7.09. The van der Waals surface area contributed by atoms with Gasteiger partial charge >= 0.3 is 6.16 Å². The van der Waals surface area contributed by atoms with Crippen LogP contribution in [0.2, 0.25) is 0 Å². The second-order valence-corrected chi connectivity index (χ2v) is 8.06. The van der Waals surface area contributed by atoms with Gasteiger partial charge in [-0.15, -0.1) is 11.8 Å². The summed E-state index contributed by atoms with van der Waals surface area (Å²) in [4.78, 5) is 27.4. The van der Waals surface area contributed by atoms with Crippen LogP contribution in [-0.4, -0.2) is 81.6 Å². The van der Waals surface area contributed by atoms with Crippen LogP contribution in [0.15, 0.2) is 10.8 Å². The lowest BCUT2D eigenvalue weighted by Gasteiger charge is -2.45. The molecule has 3 N–H and O–H groups in total. The number of β-lactam (4-membered cyclic amide) rings is 1. The lowest BCUT2D eigenvalue weighted by atomic mass is 9.82. The first-order chi connectivity index (χ1) is 12.3. The number of carboxylic acid groups (broad SMARTS) is 1. The molecule has 144 valence electrons. The zero-order valence-corrected chi connectivity index (χ0v) is 15.7. The number of likely N-dealkylation sites (tertiary alicyclic amines) is 1. The van der Waals surface area contributed by atoms with Gasteiger partial charge in [-0.25, -0.2) is 4.79 Å². The van der Waals surface area contributed by atoms with Crippen LogP contribution in [0.4, 0.5) is 4.79 Å². The molecule has 0 unspecified atom stereocenters. The highest BCUT2D eigenvalue weighted by Crippen LogP contribution is 2.50. The Labute approximate surface area is 155 Å². The van der Waals surface area contributed by atoms with Gasteiger partial charge in [-0.05, 0) is 20.3 Å². The summed E-state index contributed by atoms with van der Waals surface area (Å²) in [5.74, 6) is -0.519. The third-order valence-electron chi connectivity index (χ3n) is 5.06. The second-order valence-electron chi connectivity index (χ2n) is 6.72. The highest BCUT2D eigenvalue weighted by Gasteiger charge is 2.62. The predicted octanol–water partition coefficient (Wildman–Crippen LogP) is 0.891. The summed E-state index contributed by atoms with van der Waals surface area (Å²) in [6, 6.07) is -0.466. The maximum absolute atomic E-state index is 12.4. The topological polar surface area (TPSA) is 123 Å². The van der Waals surface area contributed by atoms with Gasteiger partial charge in [0, 0.05) is 25.4 Å². The normalized spacial score (nSPS) is 31.8. The Kier molecular flexibility index (Phi) is 5.18. The van der Waals surface area contributed by atoms with E-state index in [1.807, 2.05) is 4.90 Å². The monoisotopic (exact) mass is 385 g/mol. The van der Waals surface area contributed by atoms with Crippen molar-refractivity contribution in [2.75, 3.05) is 20.2 Å². The molecule has 5 atom stereocenters. The van der Waals surface area contributed by atoms with Crippen molar-refractivity contribution in [2.24, 2.45) is 5.92 Å². The number of thioether (sulfide) groups is 1. The molecule has 0 aromatic rings. The number of ether oxygens (including phenoxy) is 2. The molecule has 2 saturated heterocycles. The molecule has 2 fully saturated rings. The number of nitrogens with zero attached hydrogens (tertiary/aromatic N) is 2. The highest BCUT2D eigenvalue weighted by atomic mass is 32.2. The summed E-state index contributed by atoms with van der Waals surface area (Å²) in [5, 5.41) is 26.9. The Balaban J connectivity index is 1.87. The molecule has 3 aliphatic rings. The van der Waals surface area contributed by atoms with Crippen molar-refractivity contribution < 1.29 is 29.3 Å². The maximum atomic E-state index is 12.4. The molecule has 0 aliphatic carbocycles. The third kappa shape index (κ3) is 3.06. The van der Waals surface area contributed by atoms with E-state index in [9.17, 15) is 14.7 Å². The van der Waals surface area contributed by atoms with Crippen molar-refractivity contribution >= 4 is 29.7 Å². The summed E-state index contributed by atoms with van der Waals surface area (Å²) in [7, 11) is 1.50. The van der Waals surface area contributed by atoms with E-state index in [-0.39, 0.29) is 17.0 Å². The summed E-state index contributed by atoms with van der Waals surface area (Å²) in [5.41, 5.74) is 0. The number of amidine groups is 1. The molecule has 0 spiro atoms. The Hall–Kier alpha value is -1.78. The van der Waals surface area contributed by atoms with Gasteiger partial charge in [0.2, 0.25) is 11.8 Å². The minimum atomic E-state index is -1.50. The van der Waals surface area contributed by atoms with Crippen LogP contribution < -0.4 is 0 Å². The van der Waals surface area contributed by atoms with E-state index in [2.05, 4.69) is 0 Å². The van der Waals surface area contributed by atoms with E-state index in [0.29, 0.717) is 17.3 Å². The molecule has 3 heterocycles. The summed E-state index contributed by atoms with van der Waals surface area (Å²) in [6.45, 7) is 4.70. The van der Waals surface area contributed by atoms with Gasteiger partial charge < -0.3 is 24.6 Å². The number of amides is 1. The Morgan fingerprint density at radius 3 is 2.65 bits per heavy atom. The molecular weight excluding hydrogens is 362 g/mol. The van der Waals surface area contributed by atoms with Crippen LogP contribution in [0.3, 0.4) is 0 Å². The summed E-state index contributed by atoms with van der Waals surface area (Å²) >= 11 is 1.43. The van der Waals surface area contributed by atoms with Crippen LogP contribution in [0.1, 0.15) is 20.3 Å². The molecule has 9 nitrogen and oxygen atoms in total. The number of carbonyl (C=O) groups excluding carboxylic acids is 1. The largest absolute Gasteiger partial charge is 0.512 e. The van der Waals surface area contributed by atoms with E-state index in [1.165, 1.54) is 30.7 Å². The van der Waals surface area contributed by atoms with Crippen LogP contribution in [0.25, 0.3) is 0 Å². The molecule has 10 heteroatoms. The number of rotatable bonds is 5. The van der Waals surface area contributed by atoms with Crippen LogP contribution >= 0.6 is 11.8 Å². The van der Waals surface area contributed by atoms with Gasteiger partial charge in [0.15, 0.2) is 0 Å². The van der Waals surface area contributed by atoms with Crippen molar-refractivity contribution in [1.82, 2.24) is 9.80 Å². The minimum absolute atomic E-state index is 0.00808. The Bertz CT molecular complexity index is 666. The SMILES string of the molecule is CO[C@H]1C(S[C@H]2CCN(C(C)=N)C2)=C(OC(=O)O)N2C(=O)[C@H]([C@@H](C)O)[C@@H]12. The molecule has 3 rings (SSSR count). The van der Waals surface area contributed by atoms with Crippen LogP contribution in [-0.2, 0) is 14.3 Å². The van der Waals surface area contributed by atoms with Gasteiger partial charge in [-0.1, -0.05) is 0 Å². The number of methoxy groups -OCH3 is 1. The number of hydrogen-bond acceptors (Lipinski definition) is 7. The predicted molar refractivity (Wildman–Crippen MR) is 93.7 cm³/mol. The fraction of sp³-hybridized carbons (Fsp3) is 0.688.